The molecule has 1 aromatic carbocycles. The summed E-state index contributed by atoms with van der Waals surface area (Å²) in [4.78, 5) is 11.5. The van der Waals surface area contributed by atoms with Crippen molar-refractivity contribution in [2.45, 2.75) is 0 Å². The molecule has 88 valence electrons. The van der Waals surface area contributed by atoms with Crippen molar-refractivity contribution in [3.63, 3.8) is 0 Å². The van der Waals surface area contributed by atoms with E-state index >= 15 is 0 Å². The molecule has 1 aromatic heterocycles. The summed E-state index contributed by atoms with van der Waals surface area (Å²) in [7, 11) is 0. The van der Waals surface area contributed by atoms with Crippen molar-refractivity contribution in [1.29, 1.82) is 0 Å². The number of carbonyl (C=O) groups is 1. The van der Waals surface area contributed by atoms with Gasteiger partial charge in [0, 0.05) is 17.7 Å². The first-order chi connectivity index (χ1) is 8.31. The van der Waals surface area contributed by atoms with Crippen molar-refractivity contribution >= 4 is 5.91 Å². The van der Waals surface area contributed by atoms with E-state index in [-0.39, 0.29) is 19.1 Å². The molecule has 0 bridgehead atoms. The molecule has 2 aromatic rings. The van der Waals surface area contributed by atoms with E-state index in [0.717, 1.165) is 5.56 Å². The number of rotatable bonds is 4. The highest BCUT2D eigenvalue weighted by molar-refractivity contribution is 5.94. The minimum atomic E-state index is -0.223. The molecule has 2 rings (SSSR count). The lowest BCUT2D eigenvalue weighted by atomic mass is 10.1. The van der Waals surface area contributed by atoms with Crippen LogP contribution in [0.4, 0.5) is 0 Å². The molecule has 0 aliphatic rings. The first kappa shape index (κ1) is 11.2. The molecule has 0 unspecified atom stereocenters. The molecule has 1 amide bonds. The van der Waals surface area contributed by atoms with E-state index in [9.17, 15) is 4.79 Å². The van der Waals surface area contributed by atoms with Gasteiger partial charge in [-0.25, -0.2) is 0 Å². The van der Waals surface area contributed by atoms with Crippen LogP contribution in [-0.4, -0.2) is 44.8 Å². The Bertz CT molecular complexity index is 480. The normalized spacial score (nSPS) is 10.2. The average molecular weight is 233 g/mol. The number of tetrazole rings is 1. The number of aliphatic hydroxyl groups is 1. The topological polar surface area (TPSA) is 104 Å². The van der Waals surface area contributed by atoms with Gasteiger partial charge in [0.05, 0.1) is 6.61 Å². The highest BCUT2D eigenvalue weighted by Crippen LogP contribution is 2.13. The number of nitrogens with one attached hydrogen (secondary N) is 2. The summed E-state index contributed by atoms with van der Waals surface area (Å²) in [5.74, 6) is 0.256. The largest absolute Gasteiger partial charge is 0.395 e. The molecule has 17 heavy (non-hydrogen) atoms. The summed E-state index contributed by atoms with van der Waals surface area (Å²) < 4.78 is 0. The molecule has 0 spiro atoms. The number of nitrogens with zero attached hydrogens (tertiary/aromatic N) is 3. The number of aromatic nitrogens is 4. The van der Waals surface area contributed by atoms with E-state index < -0.39 is 0 Å². The van der Waals surface area contributed by atoms with E-state index in [2.05, 4.69) is 25.9 Å². The molecule has 7 heteroatoms. The van der Waals surface area contributed by atoms with Gasteiger partial charge >= 0.3 is 0 Å². The maximum absolute atomic E-state index is 11.5. The van der Waals surface area contributed by atoms with Crippen molar-refractivity contribution in [3.05, 3.63) is 29.8 Å². The second-order valence-corrected chi connectivity index (χ2v) is 3.29. The third-order valence-corrected chi connectivity index (χ3v) is 2.15. The van der Waals surface area contributed by atoms with Crippen LogP contribution in [0.1, 0.15) is 10.4 Å². The van der Waals surface area contributed by atoms with Gasteiger partial charge in [0.2, 0.25) is 5.82 Å². The van der Waals surface area contributed by atoms with E-state index in [1.54, 1.807) is 24.3 Å². The summed E-state index contributed by atoms with van der Waals surface area (Å²) >= 11 is 0. The third kappa shape index (κ3) is 2.64. The molecule has 7 nitrogen and oxygen atoms in total. The summed E-state index contributed by atoms with van der Waals surface area (Å²) in [5, 5.41) is 24.6. The second-order valence-electron chi connectivity index (χ2n) is 3.29. The molecule has 0 atom stereocenters. The number of benzene rings is 1. The van der Waals surface area contributed by atoms with Crippen LogP contribution in [0.15, 0.2) is 24.3 Å². The molecular weight excluding hydrogens is 222 g/mol. The van der Waals surface area contributed by atoms with Gasteiger partial charge in [-0.3, -0.25) is 4.79 Å². The number of aliphatic hydroxyl groups excluding tert-OH is 1. The minimum Gasteiger partial charge on any atom is -0.395 e. The highest BCUT2D eigenvalue weighted by atomic mass is 16.3. The van der Waals surface area contributed by atoms with E-state index in [0.29, 0.717) is 11.4 Å². The van der Waals surface area contributed by atoms with Crippen LogP contribution < -0.4 is 5.32 Å². The van der Waals surface area contributed by atoms with Crippen molar-refractivity contribution in [1.82, 2.24) is 25.9 Å². The standard InChI is InChI=1S/C10H11N5O2/c16-6-5-11-10(17)8-3-1-7(2-4-8)9-12-14-15-13-9/h1-4,16H,5-6H2,(H,11,17)(H,12,13,14,15). The Labute approximate surface area is 96.9 Å². The van der Waals surface area contributed by atoms with Gasteiger partial charge in [0.1, 0.15) is 0 Å². The van der Waals surface area contributed by atoms with Crippen LogP contribution in [0, 0.1) is 0 Å². The lowest BCUT2D eigenvalue weighted by Crippen LogP contribution is -2.26. The Kier molecular flexibility index (Phi) is 3.41. The van der Waals surface area contributed by atoms with Crippen LogP contribution in [0.3, 0.4) is 0 Å². The first-order valence-electron chi connectivity index (χ1n) is 5.04. The summed E-state index contributed by atoms with van der Waals surface area (Å²) in [6, 6.07) is 6.80. The fourth-order valence-corrected chi connectivity index (χ4v) is 1.33. The van der Waals surface area contributed by atoms with Crippen LogP contribution in [-0.2, 0) is 0 Å². The van der Waals surface area contributed by atoms with E-state index in [1.165, 1.54) is 0 Å². The molecular formula is C10H11N5O2. The van der Waals surface area contributed by atoms with Crippen molar-refractivity contribution in [2.75, 3.05) is 13.2 Å². The smallest absolute Gasteiger partial charge is 0.251 e. The SMILES string of the molecule is O=C(NCCO)c1ccc(-c2nn[nH]n2)cc1. The average Bonchev–Trinajstić information content (AvgIpc) is 2.90. The number of hydrogen-bond donors (Lipinski definition) is 3. The van der Waals surface area contributed by atoms with Gasteiger partial charge in [0.15, 0.2) is 0 Å². The number of amides is 1. The van der Waals surface area contributed by atoms with Gasteiger partial charge in [-0.2, -0.15) is 5.21 Å². The highest BCUT2D eigenvalue weighted by Gasteiger charge is 2.06. The van der Waals surface area contributed by atoms with Gasteiger partial charge in [0.25, 0.3) is 5.91 Å². The quantitative estimate of drug-likeness (QED) is 0.666. The zero-order chi connectivity index (χ0) is 12.1. The maximum atomic E-state index is 11.5. The van der Waals surface area contributed by atoms with Crippen molar-refractivity contribution < 1.29 is 9.90 Å². The molecule has 3 N–H and O–H groups in total. The minimum absolute atomic E-state index is 0.0767. The lowest BCUT2D eigenvalue weighted by Gasteiger charge is -2.03. The molecule has 0 aliphatic heterocycles. The fraction of sp³-hybridized carbons (Fsp3) is 0.200. The zero-order valence-corrected chi connectivity index (χ0v) is 8.92. The summed E-state index contributed by atoms with van der Waals surface area (Å²) in [6.45, 7) is 0.165. The van der Waals surface area contributed by atoms with Gasteiger partial charge in [-0.15, -0.1) is 10.2 Å². The summed E-state index contributed by atoms with van der Waals surface area (Å²) in [6.07, 6.45) is 0. The van der Waals surface area contributed by atoms with Gasteiger partial charge in [-0.05, 0) is 17.3 Å². The molecule has 0 saturated heterocycles. The Hall–Kier alpha value is -2.28. The Morgan fingerprint density at radius 1 is 1.35 bits per heavy atom. The van der Waals surface area contributed by atoms with Gasteiger partial charge in [-0.1, -0.05) is 12.1 Å². The third-order valence-electron chi connectivity index (χ3n) is 2.15. The number of carbonyl (C=O) groups excluding carboxylic acids is 1. The monoisotopic (exact) mass is 233 g/mol. The number of aromatic amines is 1. The first-order valence-corrected chi connectivity index (χ1v) is 5.04. The van der Waals surface area contributed by atoms with E-state index in [4.69, 9.17) is 5.11 Å². The van der Waals surface area contributed by atoms with Gasteiger partial charge < -0.3 is 10.4 Å². The second kappa shape index (κ2) is 5.17. The molecule has 0 aliphatic carbocycles. The predicted molar refractivity (Wildman–Crippen MR) is 59.0 cm³/mol. The zero-order valence-electron chi connectivity index (χ0n) is 8.92. The van der Waals surface area contributed by atoms with Crippen LogP contribution in [0.5, 0.6) is 0 Å². The number of H-pyrrole nitrogens is 1. The maximum Gasteiger partial charge on any atom is 0.251 e. The van der Waals surface area contributed by atoms with E-state index in [1.807, 2.05) is 0 Å². The molecule has 1 heterocycles. The predicted octanol–water partition coefficient (Wildman–Crippen LogP) is -0.411. The van der Waals surface area contributed by atoms with Crippen LogP contribution in [0.25, 0.3) is 11.4 Å². The number of hydrogen-bond acceptors (Lipinski definition) is 5. The molecule has 0 fully saturated rings. The Morgan fingerprint density at radius 2 is 2.12 bits per heavy atom. The Morgan fingerprint density at radius 3 is 2.71 bits per heavy atom. The lowest BCUT2D eigenvalue weighted by molar-refractivity contribution is 0.0945. The van der Waals surface area contributed by atoms with Crippen LogP contribution in [0.2, 0.25) is 0 Å². The summed E-state index contributed by atoms with van der Waals surface area (Å²) in [5.41, 5.74) is 1.29. The van der Waals surface area contributed by atoms with Crippen molar-refractivity contribution in [2.24, 2.45) is 0 Å². The van der Waals surface area contributed by atoms with Crippen LogP contribution >= 0.6 is 0 Å². The van der Waals surface area contributed by atoms with Crippen molar-refractivity contribution in [3.8, 4) is 11.4 Å². The Balaban J connectivity index is 2.10. The fourth-order valence-electron chi connectivity index (χ4n) is 1.33. The molecule has 0 radical (unpaired) electrons. The molecule has 0 saturated carbocycles.